The molecule has 0 aliphatic rings. The van der Waals surface area contributed by atoms with Crippen molar-refractivity contribution in [3.63, 3.8) is 0 Å². The van der Waals surface area contributed by atoms with Gasteiger partial charge in [0.2, 0.25) is 0 Å². The Kier molecular flexibility index (Phi) is 4.63. The molecule has 0 saturated heterocycles. The average molecular weight is 362 g/mol. The van der Waals surface area contributed by atoms with Crippen molar-refractivity contribution in [1.29, 1.82) is 0 Å². The van der Waals surface area contributed by atoms with Crippen molar-refractivity contribution in [2.24, 2.45) is 0 Å². The monoisotopic (exact) mass is 362 g/mol. The molecule has 4 aromatic rings. The lowest BCUT2D eigenvalue weighted by molar-refractivity contribution is 1.63. The Hall–Kier alpha value is -0.610. The van der Waals surface area contributed by atoms with Crippen molar-refractivity contribution >= 4 is 110 Å². The van der Waals surface area contributed by atoms with Gasteiger partial charge in [0.1, 0.15) is 0 Å². The number of rotatable bonds is 2. The molecule has 0 spiro atoms. The van der Waals surface area contributed by atoms with Crippen LogP contribution in [0.3, 0.4) is 0 Å². The van der Waals surface area contributed by atoms with Crippen LogP contribution in [0.2, 0.25) is 0 Å². The Morgan fingerprint density at radius 3 is 1.25 bits per heavy atom. The van der Waals surface area contributed by atoms with Gasteiger partial charge in [-0.2, -0.15) is 0 Å². The van der Waals surface area contributed by atoms with E-state index in [2.05, 4.69) is 132 Å². The van der Waals surface area contributed by atoms with E-state index in [0.29, 0.717) is 0 Å². The lowest BCUT2D eigenvalue weighted by Crippen LogP contribution is -2.17. The van der Waals surface area contributed by atoms with E-state index in [9.17, 15) is 0 Å². The number of anilines is 2. The van der Waals surface area contributed by atoms with Gasteiger partial charge in [0.15, 0.2) is 0 Å². The molecule has 0 amide bonds. The summed E-state index contributed by atoms with van der Waals surface area (Å²) in [7, 11) is 0. The third kappa shape index (κ3) is 2.70. The molecule has 0 aliphatic carbocycles. The summed E-state index contributed by atoms with van der Waals surface area (Å²) >= 11 is 11.1. The van der Waals surface area contributed by atoms with Crippen LogP contribution >= 0.6 is 0 Å². The summed E-state index contributed by atoms with van der Waals surface area (Å²) in [4.78, 5) is 0. The molecule has 0 heterocycles. The zero-order valence-electron chi connectivity index (χ0n) is 13.0. The molecule has 2 nitrogen and oxygen atoms in total. The predicted molar refractivity (Wildman–Crippen MR) is 107 cm³/mol. The Bertz CT molecular complexity index is 990. The Labute approximate surface area is 175 Å². The van der Waals surface area contributed by atoms with Crippen LogP contribution in [0.1, 0.15) is 0 Å². The maximum atomic E-state index is 2.77. The molecule has 4 aromatic carbocycles. The summed E-state index contributed by atoms with van der Waals surface area (Å²) in [6, 6.07) is 21.6. The SMILES string of the molecule is [Al][N]([Al])c1c2ccccc2cc2c([N]([Al])[Al])c3ccccc3cc12. The van der Waals surface area contributed by atoms with Crippen molar-refractivity contribution in [1.82, 2.24) is 0 Å². The Balaban J connectivity index is 2.32. The molecule has 0 N–H and O–H groups in total. The van der Waals surface area contributed by atoms with Gasteiger partial charge in [0.25, 0.3) is 66.0 Å². The molecule has 0 aliphatic heterocycles. The highest BCUT2D eigenvalue weighted by molar-refractivity contribution is 6.47. The number of nitrogens with zero attached hydrogens (tertiary/aromatic N) is 2. The molecule has 0 bridgehead atoms. The van der Waals surface area contributed by atoms with Crippen molar-refractivity contribution in [3.8, 4) is 0 Å². The number of hydrogen-bond donors (Lipinski definition) is 0. The predicted octanol–water partition coefficient (Wildman–Crippen LogP) is 3.09. The third-order valence-electron chi connectivity index (χ3n) is 4.35. The van der Waals surface area contributed by atoms with Gasteiger partial charge in [0, 0.05) is 32.9 Å². The van der Waals surface area contributed by atoms with Crippen LogP contribution in [0, 0.1) is 0 Å². The topological polar surface area (TPSA) is 6.48 Å². The van der Waals surface area contributed by atoms with Gasteiger partial charge in [-0.3, -0.25) is 0 Å². The maximum absolute atomic E-state index is 2.77. The summed E-state index contributed by atoms with van der Waals surface area (Å²) < 4.78 is 4.11. The van der Waals surface area contributed by atoms with E-state index in [1.54, 1.807) is 0 Å². The molecule has 0 saturated carbocycles. The standard InChI is InChI=1S/C18H10N2.4Al/c19-17-13-7-3-1-5-11(13)9-15-16(17)10-12-6-2-4-8-14(12)18(15)20;;;;/h1-10H;;;;. The largest absolute Gasteiger partial charge is 0.586 e. The average Bonchev–Trinajstić information content (AvgIpc) is 2.56. The summed E-state index contributed by atoms with van der Waals surface area (Å²) in [5.41, 5.74) is 2.39. The fourth-order valence-corrected chi connectivity index (χ4v) is 4.49. The number of hydrogen-bond acceptors (Lipinski definition) is 2. The molecule has 6 heteroatoms. The highest BCUT2D eigenvalue weighted by Crippen LogP contribution is 2.42. The van der Waals surface area contributed by atoms with E-state index in [4.69, 9.17) is 0 Å². The second-order valence-corrected chi connectivity index (χ2v) is 9.22. The normalized spacial score (nSPS) is 11.2. The molecule has 0 unspecified atom stereocenters. The summed E-state index contributed by atoms with van der Waals surface area (Å²) in [6.07, 6.45) is 0. The van der Waals surface area contributed by atoms with E-state index in [1.165, 1.54) is 43.7 Å². The molecule has 4 rings (SSSR count). The molecule has 0 atom stereocenters. The first-order valence-electron chi connectivity index (χ1n) is 7.54. The van der Waals surface area contributed by atoms with E-state index in [-0.39, 0.29) is 0 Å². The lowest BCUT2D eigenvalue weighted by Gasteiger charge is -2.28. The number of fused-ring (bicyclic) bond motifs is 3. The van der Waals surface area contributed by atoms with Gasteiger partial charge < -0.3 is 5.73 Å². The van der Waals surface area contributed by atoms with E-state index in [0.717, 1.165) is 0 Å². The van der Waals surface area contributed by atoms with E-state index < -0.39 is 0 Å². The van der Waals surface area contributed by atoms with E-state index >= 15 is 0 Å². The van der Waals surface area contributed by atoms with Gasteiger partial charge >= 0.3 is 0 Å². The Morgan fingerprint density at radius 2 is 0.875 bits per heavy atom. The van der Waals surface area contributed by atoms with Gasteiger partial charge in [-0.05, 0) is 22.9 Å². The van der Waals surface area contributed by atoms with Crippen LogP contribution in [0.5, 0.6) is 0 Å². The van der Waals surface area contributed by atoms with Crippen molar-refractivity contribution in [2.75, 3.05) is 5.73 Å². The van der Waals surface area contributed by atoms with Gasteiger partial charge in [-0.1, -0.05) is 48.5 Å². The van der Waals surface area contributed by atoms with Crippen LogP contribution in [-0.2, 0) is 0 Å². The van der Waals surface area contributed by atoms with Crippen LogP contribution in [0.25, 0.3) is 32.3 Å². The van der Waals surface area contributed by atoms with Crippen molar-refractivity contribution < 1.29 is 0 Å². The second-order valence-electron chi connectivity index (χ2n) is 5.80. The fourth-order valence-electron chi connectivity index (χ4n) is 3.38. The zero-order chi connectivity index (χ0) is 16.8. The molecular formula is C18H10Al4N2. The first-order chi connectivity index (χ1) is 11.6. The summed E-state index contributed by atoms with van der Waals surface area (Å²) in [5, 5.41) is 7.45. The lowest BCUT2D eigenvalue weighted by atomic mass is 9.96. The molecule has 0 fully saturated rings. The highest BCUT2D eigenvalue weighted by Gasteiger charge is 2.13. The summed E-state index contributed by atoms with van der Waals surface area (Å²) in [5.74, 6) is 0. The van der Waals surface area contributed by atoms with Crippen LogP contribution in [0.4, 0.5) is 11.4 Å². The first kappa shape index (κ1) is 16.8. The van der Waals surface area contributed by atoms with Crippen LogP contribution < -0.4 is 5.73 Å². The van der Waals surface area contributed by atoms with Crippen molar-refractivity contribution in [3.05, 3.63) is 60.7 Å². The summed E-state index contributed by atoms with van der Waals surface area (Å²) in [6.45, 7) is 0. The highest BCUT2D eigenvalue weighted by atomic mass is 27.1. The van der Waals surface area contributed by atoms with Crippen LogP contribution in [0.15, 0.2) is 60.7 Å². The Morgan fingerprint density at radius 1 is 0.500 bits per heavy atom. The van der Waals surface area contributed by atoms with Gasteiger partial charge in [-0.15, -0.1) is 0 Å². The number of benzene rings is 4. The van der Waals surface area contributed by atoms with Crippen molar-refractivity contribution in [2.45, 2.75) is 0 Å². The molecule has 8 radical (unpaired) electrons. The minimum Gasteiger partial charge on any atom is -0.586 e. The van der Waals surface area contributed by atoms with Crippen LogP contribution in [-0.4, -0.2) is 66.0 Å². The quantitative estimate of drug-likeness (QED) is 0.400. The minimum atomic E-state index is 1.20. The molecule has 0 aromatic heterocycles. The maximum Gasteiger partial charge on any atom is 0.277 e. The van der Waals surface area contributed by atoms with E-state index in [1.807, 2.05) is 0 Å². The smallest absolute Gasteiger partial charge is 0.277 e. The van der Waals surface area contributed by atoms with Gasteiger partial charge in [-0.25, -0.2) is 0 Å². The zero-order valence-corrected chi connectivity index (χ0v) is 17.6. The second kappa shape index (κ2) is 6.60. The third-order valence-corrected chi connectivity index (χ3v) is 5.38. The molecular weight excluding hydrogens is 352 g/mol. The minimum absolute atomic E-state index is 1.20. The molecule has 24 heavy (non-hydrogen) atoms. The van der Waals surface area contributed by atoms with Gasteiger partial charge in [0.05, 0.1) is 0 Å². The molecule has 104 valence electrons. The fraction of sp³-hybridized carbons (Fsp3) is 0. The first-order valence-corrected chi connectivity index (χ1v) is 9.61.